The Hall–Kier alpha value is -2.32. The van der Waals surface area contributed by atoms with Crippen molar-refractivity contribution in [3.05, 3.63) is 29.1 Å². The van der Waals surface area contributed by atoms with Crippen LogP contribution in [-0.2, 0) is 10.9 Å². The highest BCUT2D eigenvalue weighted by atomic mass is 19.4. The minimum absolute atomic E-state index is 0.00118. The Balaban J connectivity index is 2.65. The summed E-state index contributed by atoms with van der Waals surface area (Å²) >= 11 is 0. The van der Waals surface area contributed by atoms with Gasteiger partial charge in [-0.15, -0.1) is 0 Å². The molecule has 0 radical (unpaired) electrons. The highest BCUT2D eigenvalue weighted by Crippen LogP contribution is 2.39. The second-order valence-corrected chi connectivity index (χ2v) is 5.75. The molecule has 1 aliphatic rings. The summed E-state index contributed by atoms with van der Waals surface area (Å²) in [5, 5.41) is 12.1. The maximum Gasteiger partial charge on any atom is 0.419 e. The van der Waals surface area contributed by atoms with Crippen molar-refractivity contribution in [1.82, 2.24) is 0 Å². The van der Waals surface area contributed by atoms with Gasteiger partial charge in [-0.2, -0.15) is 13.2 Å². The van der Waals surface area contributed by atoms with E-state index >= 15 is 0 Å². The van der Waals surface area contributed by atoms with Gasteiger partial charge in [-0.25, -0.2) is 9.18 Å². The second-order valence-electron chi connectivity index (χ2n) is 5.75. The summed E-state index contributed by atoms with van der Waals surface area (Å²) < 4.78 is 57.8. The van der Waals surface area contributed by atoms with Crippen molar-refractivity contribution in [2.45, 2.75) is 45.5 Å². The van der Waals surface area contributed by atoms with Gasteiger partial charge in [0.2, 0.25) is 0 Å². The van der Waals surface area contributed by atoms with E-state index in [9.17, 15) is 22.4 Å². The Morgan fingerprint density at radius 2 is 2.04 bits per heavy atom. The number of hydrogen-bond donors (Lipinski definition) is 1. The van der Waals surface area contributed by atoms with E-state index in [1.165, 1.54) is 0 Å². The van der Waals surface area contributed by atoms with Crippen LogP contribution in [0.15, 0.2) is 17.3 Å². The minimum atomic E-state index is -4.93. The first-order valence-electron chi connectivity index (χ1n) is 7.18. The van der Waals surface area contributed by atoms with E-state index in [1.807, 2.05) is 0 Å². The lowest BCUT2D eigenvalue weighted by atomic mass is 9.93. The molecule has 0 aliphatic carbocycles. The predicted octanol–water partition coefficient (Wildman–Crippen LogP) is 4.17. The molecule has 1 aromatic rings. The number of oxime groups is 1. The zero-order valence-electron chi connectivity index (χ0n) is 13.2. The van der Waals surface area contributed by atoms with Crippen LogP contribution >= 0.6 is 0 Å². The highest BCUT2D eigenvalue weighted by molar-refractivity contribution is 6.10. The number of fused-ring (bicyclic) bond motifs is 1. The van der Waals surface area contributed by atoms with Crippen molar-refractivity contribution >= 4 is 17.5 Å². The Morgan fingerprint density at radius 1 is 1.42 bits per heavy atom. The molecule has 0 saturated carbocycles. The van der Waals surface area contributed by atoms with E-state index < -0.39 is 35.8 Å². The predicted molar refractivity (Wildman–Crippen MR) is 77.9 cm³/mol. The number of alkyl halides is 3. The lowest BCUT2D eigenvalue weighted by molar-refractivity contribution is -0.139. The van der Waals surface area contributed by atoms with Gasteiger partial charge in [-0.05, 0) is 32.9 Å². The lowest BCUT2D eigenvalue weighted by Gasteiger charge is -2.35. The molecule has 9 heteroatoms. The first kappa shape index (κ1) is 18.0. The third-order valence-electron chi connectivity index (χ3n) is 3.54. The average molecular weight is 348 g/mol. The molecule has 0 bridgehead atoms. The summed E-state index contributed by atoms with van der Waals surface area (Å²) in [7, 11) is 0. The summed E-state index contributed by atoms with van der Waals surface area (Å²) in [4.78, 5) is 13.3. The fraction of sp³-hybridized carbons (Fsp3) is 0.467. The standard InChI is InChI=1S/C15H16F4N2O3/c1-7(2)24-14(22)21-8(3)4-12(20-23)9-5-11(16)10(6-13(9)21)15(17,18)19/h5-8,23H,4H2,1-3H3/b20-12-. The van der Waals surface area contributed by atoms with Gasteiger partial charge in [0, 0.05) is 18.0 Å². The van der Waals surface area contributed by atoms with Gasteiger partial charge in [0.1, 0.15) is 5.82 Å². The Bertz CT molecular complexity index is 686. The molecule has 1 N–H and O–H groups in total. The molecule has 1 unspecified atom stereocenters. The van der Waals surface area contributed by atoms with Crippen LogP contribution in [0.1, 0.15) is 38.3 Å². The number of nitrogens with zero attached hydrogens (tertiary/aromatic N) is 2. The third kappa shape index (κ3) is 3.29. The topological polar surface area (TPSA) is 62.1 Å². The summed E-state index contributed by atoms with van der Waals surface area (Å²) in [6.07, 6.45) is -6.22. The first-order valence-corrected chi connectivity index (χ1v) is 7.18. The van der Waals surface area contributed by atoms with Crippen LogP contribution in [0.5, 0.6) is 0 Å². The van der Waals surface area contributed by atoms with E-state index in [1.54, 1.807) is 20.8 Å². The van der Waals surface area contributed by atoms with Crippen LogP contribution in [0.3, 0.4) is 0 Å². The maximum absolute atomic E-state index is 13.8. The van der Waals surface area contributed by atoms with Gasteiger partial charge in [0.05, 0.1) is 23.1 Å². The molecule has 1 amide bonds. The largest absolute Gasteiger partial charge is 0.446 e. The van der Waals surface area contributed by atoms with E-state index in [4.69, 9.17) is 9.94 Å². The molecule has 0 aromatic heterocycles. The molecule has 1 aliphatic heterocycles. The van der Waals surface area contributed by atoms with E-state index in [2.05, 4.69) is 5.16 Å². The smallest absolute Gasteiger partial charge is 0.419 e. The van der Waals surface area contributed by atoms with Gasteiger partial charge in [-0.3, -0.25) is 4.90 Å². The fourth-order valence-corrected chi connectivity index (χ4v) is 2.56. The molecule has 0 saturated heterocycles. The van der Waals surface area contributed by atoms with Crippen LogP contribution in [0.2, 0.25) is 0 Å². The monoisotopic (exact) mass is 348 g/mol. The Kier molecular flexibility index (Phi) is 4.73. The molecule has 2 rings (SSSR count). The molecule has 5 nitrogen and oxygen atoms in total. The Morgan fingerprint density at radius 3 is 2.54 bits per heavy atom. The van der Waals surface area contributed by atoms with Crippen LogP contribution < -0.4 is 4.90 Å². The fourth-order valence-electron chi connectivity index (χ4n) is 2.56. The summed E-state index contributed by atoms with van der Waals surface area (Å²) in [6.45, 7) is 4.76. The van der Waals surface area contributed by atoms with E-state index in [0.717, 1.165) is 4.90 Å². The van der Waals surface area contributed by atoms with Crippen molar-refractivity contribution in [3.63, 3.8) is 0 Å². The van der Waals surface area contributed by atoms with Gasteiger partial charge < -0.3 is 9.94 Å². The molecule has 0 spiro atoms. The summed E-state index contributed by atoms with van der Waals surface area (Å²) in [6, 6.07) is 0.531. The number of rotatable bonds is 1. The molecule has 132 valence electrons. The normalized spacial score (nSPS) is 19.6. The SMILES string of the molecule is CC(C)OC(=O)N1c2cc(C(F)(F)F)c(F)cc2/C(=N\O)CC1C. The van der Waals surface area contributed by atoms with Gasteiger partial charge >= 0.3 is 12.3 Å². The molecule has 1 heterocycles. The van der Waals surface area contributed by atoms with Crippen LogP contribution in [0.4, 0.5) is 28.0 Å². The second kappa shape index (κ2) is 6.29. The lowest BCUT2D eigenvalue weighted by Crippen LogP contribution is -2.45. The molecule has 1 atom stereocenters. The number of halogens is 4. The highest BCUT2D eigenvalue weighted by Gasteiger charge is 2.40. The first-order chi connectivity index (χ1) is 11.1. The summed E-state index contributed by atoms with van der Waals surface area (Å²) in [5.74, 6) is -1.51. The molecular weight excluding hydrogens is 332 g/mol. The molecule has 24 heavy (non-hydrogen) atoms. The number of carbonyl (C=O) groups excluding carboxylic acids is 1. The van der Waals surface area contributed by atoms with Gasteiger partial charge in [0.15, 0.2) is 0 Å². The van der Waals surface area contributed by atoms with Crippen molar-refractivity contribution in [1.29, 1.82) is 0 Å². The van der Waals surface area contributed by atoms with Crippen molar-refractivity contribution in [2.75, 3.05) is 4.90 Å². The van der Waals surface area contributed by atoms with E-state index in [0.29, 0.717) is 12.1 Å². The number of hydrogen-bond acceptors (Lipinski definition) is 4. The van der Waals surface area contributed by atoms with Crippen molar-refractivity contribution < 1.29 is 32.3 Å². The Labute approximate surface area is 135 Å². The average Bonchev–Trinajstić information content (AvgIpc) is 2.44. The van der Waals surface area contributed by atoms with Crippen LogP contribution in [-0.4, -0.2) is 29.2 Å². The van der Waals surface area contributed by atoms with Crippen molar-refractivity contribution in [3.8, 4) is 0 Å². The maximum atomic E-state index is 13.8. The van der Waals surface area contributed by atoms with Gasteiger partial charge in [0.25, 0.3) is 0 Å². The van der Waals surface area contributed by atoms with Crippen molar-refractivity contribution in [2.24, 2.45) is 5.16 Å². The number of carbonyl (C=O) groups is 1. The number of anilines is 1. The minimum Gasteiger partial charge on any atom is -0.446 e. The van der Waals surface area contributed by atoms with Crippen LogP contribution in [0, 0.1) is 5.82 Å². The number of ether oxygens (including phenoxy) is 1. The molecule has 1 aromatic carbocycles. The zero-order valence-corrected chi connectivity index (χ0v) is 13.2. The summed E-state index contributed by atoms with van der Waals surface area (Å²) in [5.41, 5.74) is -1.79. The molecular formula is C15H16F4N2O3. The number of benzene rings is 1. The number of amides is 1. The third-order valence-corrected chi connectivity index (χ3v) is 3.54. The van der Waals surface area contributed by atoms with Gasteiger partial charge in [-0.1, -0.05) is 5.16 Å². The zero-order chi connectivity index (χ0) is 18.2. The quantitative estimate of drug-likeness (QED) is 0.471. The molecule has 0 fully saturated rings. The van der Waals surface area contributed by atoms with E-state index in [-0.39, 0.29) is 23.4 Å². The van der Waals surface area contributed by atoms with Crippen LogP contribution in [0.25, 0.3) is 0 Å².